The number of pyridine rings is 1. The van der Waals surface area contributed by atoms with Crippen molar-refractivity contribution in [2.75, 3.05) is 0 Å². The van der Waals surface area contributed by atoms with Crippen LogP contribution in [0.15, 0.2) is 18.2 Å². The van der Waals surface area contributed by atoms with E-state index in [9.17, 15) is 9.90 Å². The van der Waals surface area contributed by atoms with Crippen LogP contribution in [0.3, 0.4) is 0 Å². The Morgan fingerprint density at radius 1 is 1.35 bits per heavy atom. The smallest absolute Gasteiger partial charge is 0.312 e. The minimum Gasteiger partial charge on any atom is -0.485 e. The molecule has 0 saturated carbocycles. The molecular formula is C18H19NO4. The first-order valence-corrected chi connectivity index (χ1v) is 7.80. The highest BCUT2D eigenvalue weighted by Gasteiger charge is 2.56. The maximum absolute atomic E-state index is 11.2. The Bertz CT molecular complexity index is 843. The Balaban J connectivity index is 1.88. The van der Waals surface area contributed by atoms with Gasteiger partial charge in [-0.15, -0.1) is 0 Å². The molecule has 1 N–H and O–H groups in total. The molecule has 1 fully saturated rings. The summed E-state index contributed by atoms with van der Waals surface area (Å²) in [6, 6.07) is 5.83. The molecule has 5 nitrogen and oxygen atoms in total. The van der Waals surface area contributed by atoms with Gasteiger partial charge in [0.2, 0.25) is 0 Å². The second kappa shape index (κ2) is 4.45. The van der Waals surface area contributed by atoms with Crippen molar-refractivity contribution in [1.29, 1.82) is 0 Å². The molecule has 2 aliphatic rings. The van der Waals surface area contributed by atoms with E-state index in [1.165, 1.54) is 0 Å². The summed E-state index contributed by atoms with van der Waals surface area (Å²) in [4.78, 5) is 15.8. The topological polar surface area (TPSA) is 72.0 Å². The fraction of sp³-hybridized carbons (Fsp3) is 0.444. The summed E-state index contributed by atoms with van der Waals surface area (Å²) in [5.41, 5.74) is 3.05. The second-order valence-electron chi connectivity index (χ2n) is 7.01. The van der Waals surface area contributed by atoms with Gasteiger partial charge in [0.1, 0.15) is 23.6 Å². The summed E-state index contributed by atoms with van der Waals surface area (Å²) in [5.74, 6) is -0.663. The summed E-state index contributed by atoms with van der Waals surface area (Å²) < 4.78 is 11.9. The van der Waals surface area contributed by atoms with Gasteiger partial charge in [-0.2, -0.15) is 0 Å². The Hall–Kier alpha value is -2.14. The van der Waals surface area contributed by atoms with Crippen LogP contribution in [0, 0.1) is 6.92 Å². The van der Waals surface area contributed by atoms with Gasteiger partial charge in [-0.25, -0.2) is 0 Å². The Kier molecular flexibility index (Phi) is 2.79. The van der Waals surface area contributed by atoms with Crippen molar-refractivity contribution in [2.24, 2.45) is 0 Å². The average Bonchev–Trinajstić information content (AvgIpc) is 3.26. The monoisotopic (exact) mass is 313 g/mol. The molecule has 4 rings (SSSR count). The number of benzene rings is 1. The van der Waals surface area contributed by atoms with Gasteiger partial charge in [-0.05, 0) is 51.5 Å². The van der Waals surface area contributed by atoms with Gasteiger partial charge in [0, 0.05) is 10.9 Å². The molecular weight excluding hydrogens is 294 g/mol. The molecule has 3 heterocycles. The zero-order valence-corrected chi connectivity index (χ0v) is 13.6. The molecule has 0 bridgehead atoms. The SMILES string of the molecule is Cc1cc(C(C)C(=O)O)nc2cc3c(cc12)OC(C)(C)[C@@H]1O[C@@H]31. The highest BCUT2D eigenvalue weighted by Crippen LogP contribution is 2.54. The molecule has 1 aromatic heterocycles. The Morgan fingerprint density at radius 2 is 2.09 bits per heavy atom. The first-order valence-electron chi connectivity index (χ1n) is 7.80. The number of ether oxygens (including phenoxy) is 2. The summed E-state index contributed by atoms with van der Waals surface area (Å²) in [5, 5.41) is 10.2. The molecule has 2 aliphatic heterocycles. The number of carboxylic acid groups (broad SMARTS) is 1. The lowest BCUT2D eigenvalue weighted by atomic mass is 9.92. The van der Waals surface area contributed by atoms with Crippen LogP contribution in [0.25, 0.3) is 10.9 Å². The largest absolute Gasteiger partial charge is 0.485 e. The average molecular weight is 313 g/mol. The number of hydrogen-bond donors (Lipinski definition) is 1. The van der Waals surface area contributed by atoms with Crippen molar-refractivity contribution >= 4 is 16.9 Å². The van der Waals surface area contributed by atoms with Crippen molar-refractivity contribution in [1.82, 2.24) is 4.98 Å². The number of rotatable bonds is 2. The number of carbonyl (C=O) groups is 1. The Labute approximate surface area is 134 Å². The van der Waals surface area contributed by atoms with E-state index in [1.807, 2.05) is 39.0 Å². The number of hydrogen-bond acceptors (Lipinski definition) is 4. The maximum Gasteiger partial charge on any atom is 0.312 e. The van der Waals surface area contributed by atoms with Crippen LogP contribution in [0.5, 0.6) is 5.75 Å². The molecule has 0 spiro atoms. The molecule has 5 heteroatoms. The first-order chi connectivity index (χ1) is 10.8. The zero-order chi connectivity index (χ0) is 16.5. The number of aromatic nitrogens is 1. The lowest BCUT2D eigenvalue weighted by Crippen LogP contribution is -2.37. The van der Waals surface area contributed by atoms with Crippen molar-refractivity contribution in [3.63, 3.8) is 0 Å². The second-order valence-corrected chi connectivity index (χ2v) is 7.01. The molecule has 1 unspecified atom stereocenters. The van der Waals surface area contributed by atoms with Gasteiger partial charge in [-0.1, -0.05) is 0 Å². The van der Waals surface area contributed by atoms with E-state index in [0.717, 1.165) is 27.8 Å². The van der Waals surface area contributed by atoms with E-state index >= 15 is 0 Å². The van der Waals surface area contributed by atoms with Crippen LogP contribution in [-0.4, -0.2) is 27.8 Å². The molecule has 1 aromatic carbocycles. The zero-order valence-electron chi connectivity index (χ0n) is 13.6. The normalized spacial score (nSPS) is 25.2. The third-order valence-corrected chi connectivity index (χ3v) is 4.84. The Morgan fingerprint density at radius 3 is 2.78 bits per heavy atom. The van der Waals surface area contributed by atoms with Gasteiger partial charge >= 0.3 is 5.97 Å². The number of nitrogens with zero attached hydrogens (tertiary/aromatic N) is 1. The van der Waals surface area contributed by atoms with Crippen LogP contribution in [-0.2, 0) is 9.53 Å². The van der Waals surface area contributed by atoms with Gasteiger partial charge < -0.3 is 14.6 Å². The van der Waals surface area contributed by atoms with E-state index in [0.29, 0.717) is 5.69 Å². The summed E-state index contributed by atoms with van der Waals surface area (Å²) in [7, 11) is 0. The van der Waals surface area contributed by atoms with E-state index in [-0.39, 0.29) is 17.8 Å². The third-order valence-electron chi connectivity index (χ3n) is 4.84. The molecule has 120 valence electrons. The number of aliphatic carboxylic acids is 1. The third kappa shape index (κ3) is 2.10. The minimum absolute atomic E-state index is 0.0563. The van der Waals surface area contributed by atoms with E-state index in [1.54, 1.807) is 6.92 Å². The molecule has 2 aromatic rings. The quantitative estimate of drug-likeness (QED) is 0.861. The standard InChI is InChI=1S/C18H19NO4/c1-8-5-12(9(2)17(20)21)19-13-6-11-14(7-10(8)13)23-18(3,4)16-15(11)22-16/h5-7,9,15-16H,1-4H3,(H,20,21)/t9?,15-,16+/m0/s1. The lowest BCUT2D eigenvalue weighted by molar-refractivity contribution is -0.138. The van der Waals surface area contributed by atoms with Crippen LogP contribution in [0.2, 0.25) is 0 Å². The predicted molar refractivity (Wildman–Crippen MR) is 84.9 cm³/mol. The lowest BCUT2D eigenvalue weighted by Gasteiger charge is -2.29. The van der Waals surface area contributed by atoms with E-state index < -0.39 is 11.9 Å². The van der Waals surface area contributed by atoms with Crippen LogP contribution < -0.4 is 4.74 Å². The molecule has 0 aliphatic carbocycles. The molecule has 3 atom stereocenters. The first kappa shape index (κ1) is 14.5. The molecule has 0 radical (unpaired) electrons. The van der Waals surface area contributed by atoms with Gasteiger partial charge in [-0.3, -0.25) is 9.78 Å². The van der Waals surface area contributed by atoms with E-state index in [4.69, 9.17) is 9.47 Å². The van der Waals surface area contributed by atoms with E-state index in [2.05, 4.69) is 4.98 Å². The highest BCUT2D eigenvalue weighted by atomic mass is 16.6. The summed E-state index contributed by atoms with van der Waals surface area (Å²) >= 11 is 0. The number of fused-ring (bicyclic) bond motifs is 4. The summed E-state index contributed by atoms with van der Waals surface area (Å²) in [6.07, 6.45) is 0.135. The van der Waals surface area contributed by atoms with Crippen molar-refractivity contribution in [2.45, 2.75) is 51.4 Å². The van der Waals surface area contributed by atoms with Crippen LogP contribution in [0.1, 0.15) is 49.6 Å². The highest BCUT2D eigenvalue weighted by molar-refractivity contribution is 5.86. The fourth-order valence-electron chi connectivity index (χ4n) is 3.34. The molecule has 1 saturated heterocycles. The minimum atomic E-state index is -0.870. The number of carboxylic acids is 1. The molecule has 23 heavy (non-hydrogen) atoms. The van der Waals surface area contributed by atoms with Crippen LogP contribution >= 0.6 is 0 Å². The van der Waals surface area contributed by atoms with Crippen molar-refractivity contribution in [3.8, 4) is 5.75 Å². The van der Waals surface area contributed by atoms with Crippen molar-refractivity contribution in [3.05, 3.63) is 35.0 Å². The van der Waals surface area contributed by atoms with Crippen LogP contribution in [0.4, 0.5) is 0 Å². The fourth-order valence-corrected chi connectivity index (χ4v) is 3.34. The van der Waals surface area contributed by atoms with Gasteiger partial charge in [0.05, 0.1) is 17.1 Å². The maximum atomic E-state index is 11.2. The summed E-state index contributed by atoms with van der Waals surface area (Å²) in [6.45, 7) is 7.69. The van der Waals surface area contributed by atoms with Gasteiger partial charge in [0.15, 0.2) is 0 Å². The van der Waals surface area contributed by atoms with Crippen molar-refractivity contribution < 1.29 is 19.4 Å². The number of epoxide rings is 1. The van der Waals surface area contributed by atoms with Gasteiger partial charge in [0.25, 0.3) is 0 Å². The predicted octanol–water partition coefficient (Wildman–Crippen LogP) is 3.34. The number of aryl methyl sites for hydroxylation is 1. The molecule has 0 amide bonds.